The Morgan fingerprint density at radius 2 is 1.96 bits per heavy atom. The number of aromatic nitrogens is 3. The minimum Gasteiger partial charge on any atom is -0.453 e. The van der Waals surface area contributed by atoms with Crippen LogP contribution in [0.5, 0.6) is 0 Å². The van der Waals surface area contributed by atoms with Crippen LogP contribution in [-0.2, 0) is 19.6 Å². The minimum absolute atomic E-state index is 0.0492. The molecule has 12 heteroatoms. The SMILES string of the molecule is C[C@H](OC(=O)CNS(=O)(=O)c1ccccc1F)c1nc(N)nc(N(C)C)n1. The molecule has 10 nitrogen and oxygen atoms in total. The summed E-state index contributed by atoms with van der Waals surface area (Å²) in [7, 11) is -0.803. The second-order valence-electron chi connectivity index (χ2n) is 5.63. The summed E-state index contributed by atoms with van der Waals surface area (Å²) >= 11 is 0. The van der Waals surface area contributed by atoms with Gasteiger partial charge in [0.05, 0.1) is 0 Å². The number of nitrogens with one attached hydrogen (secondary N) is 1. The predicted molar refractivity (Wildman–Crippen MR) is 94.7 cm³/mol. The maximum atomic E-state index is 13.6. The average molecular weight is 398 g/mol. The lowest BCUT2D eigenvalue weighted by Gasteiger charge is -2.15. The van der Waals surface area contributed by atoms with Crippen LogP contribution in [0.3, 0.4) is 0 Å². The molecule has 0 saturated heterocycles. The Morgan fingerprint density at radius 3 is 2.59 bits per heavy atom. The van der Waals surface area contributed by atoms with Gasteiger partial charge in [-0.2, -0.15) is 19.7 Å². The van der Waals surface area contributed by atoms with Crippen molar-refractivity contribution in [1.82, 2.24) is 19.7 Å². The van der Waals surface area contributed by atoms with Crippen LogP contribution in [0, 0.1) is 5.82 Å². The van der Waals surface area contributed by atoms with E-state index in [1.165, 1.54) is 19.1 Å². The molecule has 2 rings (SSSR count). The largest absolute Gasteiger partial charge is 0.453 e. The fourth-order valence-electron chi connectivity index (χ4n) is 1.96. The molecule has 1 heterocycles. The number of benzene rings is 1. The first-order valence-electron chi connectivity index (χ1n) is 7.72. The molecule has 0 saturated carbocycles. The number of carbonyl (C=O) groups is 1. The number of nitrogens with two attached hydrogens (primary N) is 1. The molecule has 0 aliphatic rings. The summed E-state index contributed by atoms with van der Waals surface area (Å²) in [6.45, 7) is 0.805. The number of carbonyl (C=O) groups excluding carboxylic acids is 1. The van der Waals surface area contributed by atoms with Gasteiger partial charge in [0.1, 0.15) is 17.3 Å². The minimum atomic E-state index is -4.20. The van der Waals surface area contributed by atoms with Crippen LogP contribution < -0.4 is 15.4 Å². The van der Waals surface area contributed by atoms with Crippen LogP contribution in [-0.4, -0.2) is 50.0 Å². The summed E-state index contributed by atoms with van der Waals surface area (Å²) in [5.41, 5.74) is 5.60. The van der Waals surface area contributed by atoms with Crippen molar-refractivity contribution in [2.45, 2.75) is 17.9 Å². The number of halogens is 1. The molecule has 0 bridgehead atoms. The summed E-state index contributed by atoms with van der Waals surface area (Å²) in [5.74, 6) is -1.49. The lowest BCUT2D eigenvalue weighted by molar-refractivity contribution is -0.147. The number of nitrogens with zero attached hydrogens (tertiary/aromatic N) is 4. The van der Waals surface area contributed by atoms with E-state index in [2.05, 4.69) is 15.0 Å². The molecule has 27 heavy (non-hydrogen) atoms. The van der Waals surface area contributed by atoms with Crippen LogP contribution in [0.25, 0.3) is 0 Å². The number of nitrogen functional groups attached to an aromatic ring is 1. The van der Waals surface area contributed by atoms with Gasteiger partial charge < -0.3 is 15.4 Å². The summed E-state index contributed by atoms with van der Waals surface area (Å²) in [6.07, 6.45) is -0.903. The third-order valence-electron chi connectivity index (χ3n) is 3.26. The van der Waals surface area contributed by atoms with Crippen LogP contribution in [0.1, 0.15) is 18.9 Å². The normalized spacial score (nSPS) is 12.4. The first kappa shape index (κ1) is 20.5. The van der Waals surface area contributed by atoms with E-state index in [9.17, 15) is 17.6 Å². The zero-order chi connectivity index (χ0) is 20.2. The Balaban J connectivity index is 2.03. The van der Waals surface area contributed by atoms with Gasteiger partial charge in [0.2, 0.25) is 21.9 Å². The first-order chi connectivity index (χ1) is 12.6. The van der Waals surface area contributed by atoms with Crippen LogP contribution >= 0.6 is 0 Å². The van der Waals surface area contributed by atoms with Gasteiger partial charge >= 0.3 is 5.97 Å². The van der Waals surface area contributed by atoms with Gasteiger partial charge in [0, 0.05) is 14.1 Å². The Labute approximate surface area is 155 Å². The Morgan fingerprint density at radius 1 is 1.30 bits per heavy atom. The van der Waals surface area contributed by atoms with E-state index in [1.54, 1.807) is 19.0 Å². The highest BCUT2D eigenvalue weighted by molar-refractivity contribution is 7.89. The smallest absolute Gasteiger partial charge is 0.321 e. The fraction of sp³-hybridized carbons (Fsp3) is 0.333. The maximum Gasteiger partial charge on any atom is 0.321 e. The quantitative estimate of drug-likeness (QED) is 0.628. The van der Waals surface area contributed by atoms with Gasteiger partial charge in [0.15, 0.2) is 11.9 Å². The Kier molecular flexibility index (Phi) is 6.23. The van der Waals surface area contributed by atoms with Crippen LogP contribution in [0.2, 0.25) is 0 Å². The lowest BCUT2D eigenvalue weighted by atomic mass is 10.4. The van der Waals surface area contributed by atoms with Gasteiger partial charge in [-0.15, -0.1) is 0 Å². The number of hydrogen-bond acceptors (Lipinski definition) is 9. The van der Waals surface area contributed by atoms with E-state index in [-0.39, 0.29) is 17.7 Å². The predicted octanol–water partition coefficient (Wildman–Crippen LogP) is 0.242. The van der Waals surface area contributed by atoms with Gasteiger partial charge in [-0.1, -0.05) is 12.1 Å². The molecular formula is C15H19FN6O4S. The highest BCUT2D eigenvalue weighted by atomic mass is 32.2. The van der Waals surface area contributed by atoms with Crippen molar-refractivity contribution in [2.24, 2.45) is 0 Å². The summed E-state index contributed by atoms with van der Waals surface area (Å²) in [4.78, 5) is 24.9. The average Bonchev–Trinajstić information content (AvgIpc) is 2.59. The zero-order valence-corrected chi connectivity index (χ0v) is 15.7. The van der Waals surface area contributed by atoms with Crippen LogP contribution in [0.15, 0.2) is 29.2 Å². The topological polar surface area (TPSA) is 140 Å². The second kappa shape index (κ2) is 8.22. The molecule has 0 radical (unpaired) electrons. The van der Waals surface area contributed by atoms with Crippen LogP contribution in [0.4, 0.5) is 16.3 Å². The molecule has 146 valence electrons. The van der Waals surface area contributed by atoms with Gasteiger partial charge in [0.25, 0.3) is 0 Å². The zero-order valence-electron chi connectivity index (χ0n) is 14.9. The number of hydrogen-bond donors (Lipinski definition) is 2. The van der Waals surface area contributed by atoms with Crippen molar-refractivity contribution in [1.29, 1.82) is 0 Å². The number of anilines is 2. The highest BCUT2D eigenvalue weighted by Crippen LogP contribution is 2.16. The van der Waals surface area contributed by atoms with E-state index >= 15 is 0 Å². The summed E-state index contributed by atoms with van der Waals surface area (Å²) < 4.78 is 44.8. The molecule has 0 fully saturated rings. The highest BCUT2D eigenvalue weighted by Gasteiger charge is 2.22. The van der Waals surface area contributed by atoms with Crippen molar-refractivity contribution in [3.05, 3.63) is 35.9 Å². The lowest BCUT2D eigenvalue weighted by Crippen LogP contribution is -2.32. The Hall–Kier alpha value is -2.86. The first-order valence-corrected chi connectivity index (χ1v) is 9.21. The van der Waals surface area contributed by atoms with Crippen molar-refractivity contribution < 1.29 is 22.3 Å². The van der Waals surface area contributed by atoms with E-state index in [4.69, 9.17) is 10.5 Å². The number of rotatable bonds is 7. The second-order valence-corrected chi connectivity index (χ2v) is 7.37. The van der Waals surface area contributed by atoms with E-state index in [0.717, 1.165) is 12.1 Å². The van der Waals surface area contributed by atoms with Crippen molar-refractivity contribution in [2.75, 3.05) is 31.3 Å². The van der Waals surface area contributed by atoms with Crippen molar-refractivity contribution in [3.8, 4) is 0 Å². The Bertz CT molecular complexity index is 938. The molecule has 1 aromatic heterocycles. The summed E-state index contributed by atoms with van der Waals surface area (Å²) in [5, 5.41) is 0. The summed E-state index contributed by atoms with van der Waals surface area (Å²) in [6, 6.07) is 4.81. The number of esters is 1. The van der Waals surface area contributed by atoms with Crippen molar-refractivity contribution in [3.63, 3.8) is 0 Å². The molecule has 1 aromatic carbocycles. The molecule has 0 aliphatic heterocycles. The molecule has 0 unspecified atom stereocenters. The van der Waals surface area contributed by atoms with Crippen molar-refractivity contribution >= 4 is 27.9 Å². The molecular weight excluding hydrogens is 379 g/mol. The van der Waals surface area contributed by atoms with Gasteiger partial charge in [-0.05, 0) is 19.1 Å². The molecule has 0 aliphatic carbocycles. The number of ether oxygens (including phenoxy) is 1. The third kappa shape index (κ3) is 5.31. The van der Waals surface area contributed by atoms with Gasteiger partial charge in [-0.3, -0.25) is 4.79 Å². The monoisotopic (exact) mass is 398 g/mol. The molecule has 2 aromatic rings. The molecule has 3 N–H and O–H groups in total. The van der Waals surface area contributed by atoms with E-state index in [0.29, 0.717) is 0 Å². The fourth-order valence-corrected chi connectivity index (χ4v) is 3.01. The third-order valence-corrected chi connectivity index (χ3v) is 4.70. The van der Waals surface area contributed by atoms with Gasteiger partial charge in [-0.25, -0.2) is 12.8 Å². The maximum absolute atomic E-state index is 13.6. The number of sulfonamides is 1. The molecule has 0 amide bonds. The standard InChI is InChI=1S/C15H19FN6O4S/c1-9(13-19-14(17)21-15(20-13)22(2)3)26-12(23)8-18-27(24,25)11-7-5-4-6-10(11)16/h4-7,9,18H,8H2,1-3H3,(H2,17,19,20,21)/t9-/m0/s1. The van der Waals surface area contributed by atoms with E-state index in [1.807, 2.05) is 4.72 Å². The van der Waals surface area contributed by atoms with E-state index < -0.39 is 39.4 Å². The molecule has 1 atom stereocenters. The molecule has 0 spiro atoms.